The predicted molar refractivity (Wildman–Crippen MR) is 101 cm³/mol. The largest absolute Gasteiger partial charge is 0.493 e. The van der Waals surface area contributed by atoms with Gasteiger partial charge >= 0.3 is 12.1 Å². The van der Waals surface area contributed by atoms with E-state index in [1.807, 2.05) is 32.9 Å². The van der Waals surface area contributed by atoms with E-state index in [4.69, 9.17) is 14.2 Å². The highest BCUT2D eigenvalue weighted by atomic mass is 16.6. The number of ether oxygens (including phenoxy) is 3. The third kappa shape index (κ3) is 5.94. The minimum atomic E-state index is -0.523. The van der Waals surface area contributed by atoms with Gasteiger partial charge in [0.2, 0.25) is 0 Å². The van der Waals surface area contributed by atoms with Crippen LogP contribution in [0.2, 0.25) is 0 Å². The maximum Gasteiger partial charge on any atom is 0.410 e. The Bertz CT molecular complexity index is 664. The SMILES string of the molecule is COc1ccc(CNC(=O)N2CCN(C(=O)OC(C)(C)C)CC2)cc1OC. The fourth-order valence-electron chi connectivity index (χ4n) is 2.70. The quantitative estimate of drug-likeness (QED) is 0.869. The van der Waals surface area contributed by atoms with Crippen LogP contribution in [-0.2, 0) is 11.3 Å². The van der Waals surface area contributed by atoms with Gasteiger partial charge in [-0.05, 0) is 38.5 Å². The predicted octanol–water partition coefficient (Wildman–Crippen LogP) is 2.47. The third-order valence-electron chi connectivity index (χ3n) is 4.11. The van der Waals surface area contributed by atoms with Crippen molar-refractivity contribution in [1.29, 1.82) is 0 Å². The molecular weight excluding hydrogens is 350 g/mol. The van der Waals surface area contributed by atoms with E-state index in [1.165, 1.54) is 0 Å². The van der Waals surface area contributed by atoms with E-state index in [0.717, 1.165) is 5.56 Å². The summed E-state index contributed by atoms with van der Waals surface area (Å²) < 4.78 is 15.8. The van der Waals surface area contributed by atoms with Gasteiger partial charge in [-0.15, -0.1) is 0 Å². The van der Waals surface area contributed by atoms with Crippen molar-refractivity contribution in [3.8, 4) is 11.5 Å². The molecule has 1 N–H and O–H groups in total. The first kappa shape index (κ1) is 20.7. The highest BCUT2D eigenvalue weighted by Gasteiger charge is 2.27. The van der Waals surface area contributed by atoms with Crippen molar-refractivity contribution in [3.63, 3.8) is 0 Å². The van der Waals surface area contributed by atoms with Crippen LogP contribution >= 0.6 is 0 Å². The van der Waals surface area contributed by atoms with Crippen molar-refractivity contribution in [3.05, 3.63) is 23.8 Å². The van der Waals surface area contributed by atoms with Gasteiger partial charge in [0.1, 0.15) is 5.60 Å². The van der Waals surface area contributed by atoms with Crippen molar-refractivity contribution >= 4 is 12.1 Å². The summed E-state index contributed by atoms with van der Waals surface area (Å²) in [6, 6.07) is 5.36. The van der Waals surface area contributed by atoms with Crippen molar-refractivity contribution in [2.24, 2.45) is 0 Å². The lowest BCUT2D eigenvalue weighted by molar-refractivity contribution is 0.0170. The van der Waals surface area contributed by atoms with Gasteiger partial charge in [0.25, 0.3) is 0 Å². The Hall–Kier alpha value is -2.64. The van der Waals surface area contributed by atoms with E-state index in [-0.39, 0.29) is 12.1 Å². The molecule has 0 aromatic heterocycles. The molecular formula is C19H29N3O5. The van der Waals surface area contributed by atoms with Crippen molar-refractivity contribution in [2.75, 3.05) is 40.4 Å². The number of rotatable bonds is 4. The maximum atomic E-state index is 12.4. The Labute approximate surface area is 160 Å². The van der Waals surface area contributed by atoms with E-state index in [2.05, 4.69) is 5.32 Å². The molecule has 1 aromatic rings. The van der Waals surface area contributed by atoms with Crippen LogP contribution in [0.15, 0.2) is 18.2 Å². The van der Waals surface area contributed by atoms with E-state index in [1.54, 1.807) is 30.1 Å². The first-order chi connectivity index (χ1) is 12.7. The van der Waals surface area contributed by atoms with Gasteiger partial charge in [-0.3, -0.25) is 0 Å². The summed E-state index contributed by atoms with van der Waals surface area (Å²) in [5, 5.41) is 2.90. The molecule has 0 bridgehead atoms. The molecule has 0 radical (unpaired) electrons. The number of amides is 3. The van der Waals surface area contributed by atoms with E-state index < -0.39 is 5.60 Å². The van der Waals surface area contributed by atoms with Crippen LogP contribution in [0.3, 0.4) is 0 Å². The molecule has 3 amide bonds. The number of nitrogens with zero attached hydrogens (tertiary/aromatic N) is 2. The first-order valence-electron chi connectivity index (χ1n) is 8.95. The Morgan fingerprint density at radius 2 is 1.59 bits per heavy atom. The van der Waals surface area contributed by atoms with Gasteiger partial charge in [0, 0.05) is 32.7 Å². The fourth-order valence-corrected chi connectivity index (χ4v) is 2.70. The average molecular weight is 379 g/mol. The highest BCUT2D eigenvalue weighted by molar-refractivity contribution is 5.75. The lowest BCUT2D eigenvalue weighted by atomic mass is 10.2. The van der Waals surface area contributed by atoms with Crippen LogP contribution in [0.25, 0.3) is 0 Å². The number of nitrogens with one attached hydrogen (secondary N) is 1. The second kappa shape index (κ2) is 8.83. The monoisotopic (exact) mass is 379 g/mol. The molecule has 1 heterocycles. The van der Waals surface area contributed by atoms with E-state index >= 15 is 0 Å². The minimum Gasteiger partial charge on any atom is -0.493 e. The molecule has 150 valence electrons. The summed E-state index contributed by atoms with van der Waals surface area (Å²) in [5.41, 5.74) is 0.388. The Kier molecular flexibility index (Phi) is 6.76. The van der Waals surface area contributed by atoms with Gasteiger partial charge in [-0.25, -0.2) is 9.59 Å². The van der Waals surface area contributed by atoms with Gasteiger partial charge in [-0.2, -0.15) is 0 Å². The topological polar surface area (TPSA) is 80.3 Å². The molecule has 0 unspecified atom stereocenters. The molecule has 1 saturated heterocycles. The standard InChI is InChI=1S/C19H29N3O5/c1-19(2,3)27-18(24)22-10-8-21(9-11-22)17(23)20-13-14-6-7-15(25-4)16(12-14)26-5/h6-7,12H,8-11,13H2,1-5H3,(H,20,23). The lowest BCUT2D eigenvalue weighted by Gasteiger charge is -2.35. The molecule has 1 aliphatic rings. The smallest absolute Gasteiger partial charge is 0.410 e. The zero-order chi connectivity index (χ0) is 20.0. The summed E-state index contributed by atoms with van der Waals surface area (Å²) >= 11 is 0. The van der Waals surface area contributed by atoms with E-state index in [9.17, 15) is 9.59 Å². The molecule has 1 aromatic carbocycles. The summed E-state index contributed by atoms with van der Waals surface area (Å²) in [4.78, 5) is 27.8. The summed E-state index contributed by atoms with van der Waals surface area (Å²) in [7, 11) is 3.15. The minimum absolute atomic E-state index is 0.159. The number of methoxy groups -OCH3 is 2. The number of carbonyl (C=O) groups excluding carboxylic acids is 2. The molecule has 8 nitrogen and oxygen atoms in total. The number of piperazine rings is 1. The molecule has 0 atom stereocenters. The summed E-state index contributed by atoms with van der Waals surface area (Å²) in [6.07, 6.45) is -0.340. The molecule has 0 spiro atoms. The Morgan fingerprint density at radius 1 is 1.00 bits per heavy atom. The van der Waals surface area contributed by atoms with Crippen LogP contribution in [0.1, 0.15) is 26.3 Å². The molecule has 1 fully saturated rings. The molecule has 0 aliphatic carbocycles. The molecule has 0 saturated carbocycles. The van der Waals surface area contributed by atoms with Crippen molar-refractivity contribution in [1.82, 2.24) is 15.1 Å². The number of carbonyl (C=O) groups is 2. The first-order valence-corrected chi connectivity index (χ1v) is 8.95. The van der Waals surface area contributed by atoms with Crippen LogP contribution in [0, 0.1) is 0 Å². The van der Waals surface area contributed by atoms with Crippen LogP contribution in [0.4, 0.5) is 9.59 Å². The summed E-state index contributed by atoms with van der Waals surface area (Å²) in [5.74, 6) is 1.26. The van der Waals surface area contributed by atoms with Gasteiger partial charge in [0.15, 0.2) is 11.5 Å². The lowest BCUT2D eigenvalue weighted by Crippen LogP contribution is -2.53. The zero-order valence-electron chi connectivity index (χ0n) is 16.7. The Balaban J connectivity index is 1.82. The Morgan fingerprint density at radius 3 is 2.15 bits per heavy atom. The van der Waals surface area contributed by atoms with Gasteiger partial charge < -0.3 is 29.3 Å². The van der Waals surface area contributed by atoms with Gasteiger partial charge in [-0.1, -0.05) is 6.07 Å². The average Bonchev–Trinajstić information content (AvgIpc) is 2.64. The molecule has 2 rings (SSSR count). The van der Waals surface area contributed by atoms with Crippen LogP contribution in [-0.4, -0.2) is 67.9 Å². The summed E-state index contributed by atoms with van der Waals surface area (Å²) in [6.45, 7) is 7.74. The normalized spacial score (nSPS) is 14.6. The number of hydrogen-bond donors (Lipinski definition) is 1. The zero-order valence-corrected chi connectivity index (χ0v) is 16.7. The maximum absolute atomic E-state index is 12.4. The number of hydrogen-bond acceptors (Lipinski definition) is 5. The number of benzene rings is 1. The second-order valence-corrected chi connectivity index (χ2v) is 7.30. The van der Waals surface area contributed by atoms with Crippen LogP contribution < -0.4 is 14.8 Å². The van der Waals surface area contributed by atoms with Gasteiger partial charge in [0.05, 0.1) is 14.2 Å². The number of urea groups is 1. The molecule has 27 heavy (non-hydrogen) atoms. The highest BCUT2D eigenvalue weighted by Crippen LogP contribution is 2.27. The molecule has 1 aliphatic heterocycles. The molecule has 8 heteroatoms. The van der Waals surface area contributed by atoms with E-state index in [0.29, 0.717) is 44.2 Å². The van der Waals surface area contributed by atoms with Crippen LogP contribution in [0.5, 0.6) is 11.5 Å². The third-order valence-corrected chi connectivity index (χ3v) is 4.11. The van der Waals surface area contributed by atoms with Crippen molar-refractivity contribution in [2.45, 2.75) is 32.9 Å². The fraction of sp³-hybridized carbons (Fsp3) is 0.579. The second-order valence-electron chi connectivity index (χ2n) is 7.30. The van der Waals surface area contributed by atoms with Crippen molar-refractivity contribution < 1.29 is 23.8 Å².